The fourth-order valence-electron chi connectivity index (χ4n) is 2.06. The minimum Gasteiger partial charge on any atom is -0.369 e. The van der Waals surface area contributed by atoms with Crippen LogP contribution in [0.5, 0.6) is 0 Å². The highest BCUT2D eigenvalue weighted by Gasteiger charge is 2.05. The van der Waals surface area contributed by atoms with Gasteiger partial charge in [-0.25, -0.2) is 0 Å². The van der Waals surface area contributed by atoms with Crippen molar-refractivity contribution < 1.29 is 4.74 Å². The van der Waals surface area contributed by atoms with Crippen molar-refractivity contribution in [1.29, 1.82) is 0 Å². The Bertz CT molecular complexity index is 493. The van der Waals surface area contributed by atoms with E-state index >= 15 is 0 Å². The molecule has 0 bridgehead atoms. The van der Waals surface area contributed by atoms with Gasteiger partial charge in [-0.2, -0.15) is 0 Å². The quantitative estimate of drug-likeness (QED) is 0.818. The van der Waals surface area contributed by atoms with E-state index < -0.39 is 0 Å². The van der Waals surface area contributed by atoms with Crippen molar-refractivity contribution in [3.63, 3.8) is 0 Å². The van der Waals surface area contributed by atoms with Crippen LogP contribution in [0.4, 0.5) is 0 Å². The van der Waals surface area contributed by atoms with E-state index in [4.69, 9.17) is 4.74 Å². The summed E-state index contributed by atoms with van der Waals surface area (Å²) < 4.78 is 5.92. The molecule has 0 aliphatic heterocycles. The van der Waals surface area contributed by atoms with Crippen LogP contribution in [-0.4, -0.2) is 6.54 Å². The lowest BCUT2D eigenvalue weighted by Gasteiger charge is -2.13. The van der Waals surface area contributed by atoms with Crippen molar-refractivity contribution in [3.8, 4) is 0 Å². The molecule has 106 valence electrons. The van der Waals surface area contributed by atoms with Gasteiger partial charge >= 0.3 is 0 Å². The van der Waals surface area contributed by atoms with Crippen LogP contribution in [0.15, 0.2) is 54.6 Å². The van der Waals surface area contributed by atoms with Crippen molar-refractivity contribution in [3.05, 3.63) is 71.3 Å². The molecule has 0 spiro atoms. The van der Waals surface area contributed by atoms with E-state index in [-0.39, 0.29) is 6.10 Å². The van der Waals surface area contributed by atoms with E-state index in [0.717, 1.165) is 13.1 Å². The molecule has 1 unspecified atom stereocenters. The second-order valence-electron chi connectivity index (χ2n) is 4.96. The molecule has 0 heterocycles. The molecule has 20 heavy (non-hydrogen) atoms. The molecule has 0 saturated heterocycles. The molecule has 2 rings (SSSR count). The highest BCUT2D eigenvalue weighted by atomic mass is 16.5. The molecular weight excluding hydrogens is 246 g/mol. The second-order valence-corrected chi connectivity index (χ2v) is 4.96. The Balaban J connectivity index is 1.84. The van der Waals surface area contributed by atoms with Gasteiger partial charge in [-0.3, -0.25) is 0 Å². The first-order valence-corrected chi connectivity index (χ1v) is 7.24. The highest BCUT2D eigenvalue weighted by Crippen LogP contribution is 2.18. The maximum absolute atomic E-state index is 5.92. The number of hydrogen-bond donors (Lipinski definition) is 1. The summed E-state index contributed by atoms with van der Waals surface area (Å²) in [5.74, 6) is 0. The van der Waals surface area contributed by atoms with Gasteiger partial charge in [-0.15, -0.1) is 0 Å². The topological polar surface area (TPSA) is 21.3 Å². The largest absolute Gasteiger partial charge is 0.369 e. The van der Waals surface area contributed by atoms with E-state index in [2.05, 4.69) is 55.6 Å². The number of benzene rings is 2. The third kappa shape index (κ3) is 4.48. The van der Waals surface area contributed by atoms with Crippen LogP contribution in [0.25, 0.3) is 0 Å². The molecule has 2 aromatic carbocycles. The van der Waals surface area contributed by atoms with E-state index in [0.29, 0.717) is 6.61 Å². The summed E-state index contributed by atoms with van der Waals surface area (Å²) in [6.45, 7) is 6.79. The van der Waals surface area contributed by atoms with E-state index in [1.54, 1.807) is 0 Å². The summed E-state index contributed by atoms with van der Waals surface area (Å²) in [4.78, 5) is 0. The molecule has 0 fully saturated rings. The zero-order valence-electron chi connectivity index (χ0n) is 12.3. The summed E-state index contributed by atoms with van der Waals surface area (Å²) in [6.07, 6.45) is 0.123. The lowest BCUT2D eigenvalue weighted by molar-refractivity contribution is 0.0525. The van der Waals surface area contributed by atoms with E-state index in [9.17, 15) is 0 Å². The molecule has 0 aliphatic carbocycles. The summed E-state index contributed by atoms with van der Waals surface area (Å²) >= 11 is 0. The Morgan fingerprint density at radius 3 is 2.25 bits per heavy atom. The maximum atomic E-state index is 5.92. The first kappa shape index (κ1) is 14.8. The van der Waals surface area contributed by atoms with Gasteiger partial charge in [0.1, 0.15) is 0 Å². The first-order chi connectivity index (χ1) is 9.79. The highest BCUT2D eigenvalue weighted by molar-refractivity contribution is 5.22. The van der Waals surface area contributed by atoms with Crippen LogP contribution >= 0.6 is 0 Å². The lowest BCUT2D eigenvalue weighted by atomic mass is 10.1. The number of nitrogens with one attached hydrogen (secondary N) is 1. The van der Waals surface area contributed by atoms with Gasteiger partial charge in [-0.1, -0.05) is 61.5 Å². The monoisotopic (exact) mass is 269 g/mol. The van der Waals surface area contributed by atoms with Gasteiger partial charge in [0.25, 0.3) is 0 Å². The molecule has 1 N–H and O–H groups in total. The van der Waals surface area contributed by atoms with Crippen LogP contribution in [0, 0.1) is 0 Å². The summed E-state index contributed by atoms with van der Waals surface area (Å²) in [5.41, 5.74) is 3.75. The van der Waals surface area contributed by atoms with Crippen molar-refractivity contribution in [2.75, 3.05) is 6.54 Å². The van der Waals surface area contributed by atoms with Crippen molar-refractivity contribution in [2.24, 2.45) is 0 Å². The first-order valence-electron chi connectivity index (χ1n) is 7.24. The standard InChI is InChI=1S/C18H23NO/c1-3-19-13-16-9-11-17(12-10-16)14-20-15(2)18-7-5-4-6-8-18/h4-12,15,19H,3,13-14H2,1-2H3. The Labute approximate surface area is 121 Å². The fraction of sp³-hybridized carbons (Fsp3) is 0.333. The van der Waals surface area contributed by atoms with E-state index in [1.165, 1.54) is 16.7 Å². The molecule has 2 heteroatoms. The third-order valence-electron chi connectivity index (χ3n) is 3.37. The molecule has 0 aliphatic rings. The Morgan fingerprint density at radius 1 is 0.950 bits per heavy atom. The minimum absolute atomic E-state index is 0.123. The van der Waals surface area contributed by atoms with Gasteiger partial charge in [0, 0.05) is 6.54 Å². The normalized spacial score (nSPS) is 12.3. The number of hydrogen-bond acceptors (Lipinski definition) is 2. The molecule has 0 amide bonds. The van der Waals surface area contributed by atoms with Crippen LogP contribution in [0.2, 0.25) is 0 Å². The predicted molar refractivity (Wildman–Crippen MR) is 83.5 cm³/mol. The van der Waals surface area contributed by atoms with Crippen LogP contribution in [0.3, 0.4) is 0 Å². The Kier molecular flexibility index (Phi) is 5.78. The molecule has 2 nitrogen and oxygen atoms in total. The molecule has 0 saturated carbocycles. The lowest BCUT2D eigenvalue weighted by Crippen LogP contribution is -2.11. The molecule has 0 radical (unpaired) electrons. The molecule has 2 aromatic rings. The zero-order chi connectivity index (χ0) is 14.2. The molecular formula is C18H23NO. The van der Waals surface area contributed by atoms with Crippen LogP contribution in [0.1, 0.15) is 36.6 Å². The van der Waals surface area contributed by atoms with E-state index in [1.807, 2.05) is 18.2 Å². The van der Waals surface area contributed by atoms with Gasteiger partial charge < -0.3 is 10.1 Å². The number of rotatable bonds is 7. The van der Waals surface area contributed by atoms with Gasteiger partial charge in [0.2, 0.25) is 0 Å². The summed E-state index contributed by atoms with van der Waals surface area (Å²) in [6, 6.07) is 18.9. The smallest absolute Gasteiger partial charge is 0.0801 e. The van der Waals surface area contributed by atoms with Crippen molar-refractivity contribution in [1.82, 2.24) is 5.32 Å². The average Bonchev–Trinajstić information content (AvgIpc) is 2.52. The van der Waals surface area contributed by atoms with Crippen LogP contribution < -0.4 is 5.32 Å². The SMILES string of the molecule is CCNCc1ccc(COC(C)c2ccccc2)cc1. The summed E-state index contributed by atoms with van der Waals surface area (Å²) in [5, 5.41) is 3.32. The predicted octanol–water partition coefficient (Wildman–Crippen LogP) is 4.07. The Hall–Kier alpha value is -1.64. The van der Waals surface area contributed by atoms with Gasteiger partial charge in [0.15, 0.2) is 0 Å². The Morgan fingerprint density at radius 2 is 1.60 bits per heavy atom. The van der Waals surface area contributed by atoms with Gasteiger partial charge in [-0.05, 0) is 30.2 Å². The fourth-order valence-corrected chi connectivity index (χ4v) is 2.06. The average molecular weight is 269 g/mol. The summed E-state index contributed by atoms with van der Waals surface area (Å²) in [7, 11) is 0. The molecule has 0 aromatic heterocycles. The van der Waals surface area contributed by atoms with Gasteiger partial charge in [0.05, 0.1) is 12.7 Å². The second kappa shape index (κ2) is 7.83. The maximum Gasteiger partial charge on any atom is 0.0801 e. The molecule has 1 atom stereocenters. The van der Waals surface area contributed by atoms with Crippen molar-refractivity contribution in [2.45, 2.75) is 33.1 Å². The number of ether oxygens (including phenoxy) is 1. The third-order valence-corrected chi connectivity index (χ3v) is 3.37. The van der Waals surface area contributed by atoms with Crippen molar-refractivity contribution >= 4 is 0 Å². The zero-order valence-corrected chi connectivity index (χ0v) is 12.3. The minimum atomic E-state index is 0.123. The van der Waals surface area contributed by atoms with Crippen LogP contribution in [-0.2, 0) is 17.9 Å².